The molecule has 1 aliphatic carbocycles. The molecule has 2 rings (SSSR count). The lowest BCUT2D eigenvalue weighted by atomic mass is 9.91. The van der Waals surface area contributed by atoms with Gasteiger partial charge < -0.3 is 0 Å². The number of benzene rings is 1. The molecule has 0 saturated carbocycles. The third-order valence-electron chi connectivity index (χ3n) is 4.93. The van der Waals surface area contributed by atoms with E-state index in [4.69, 9.17) is 11.6 Å². The van der Waals surface area contributed by atoms with Gasteiger partial charge in [0, 0.05) is 23.8 Å². The van der Waals surface area contributed by atoms with Crippen LogP contribution in [-0.2, 0) is 11.2 Å². The lowest BCUT2D eigenvalue weighted by Crippen LogP contribution is -2.21. The van der Waals surface area contributed by atoms with Gasteiger partial charge in [-0.25, -0.2) is 8.97 Å². The minimum Gasteiger partial charge on any atom is -0.294 e. The van der Waals surface area contributed by atoms with E-state index in [1.165, 1.54) is 0 Å². The van der Waals surface area contributed by atoms with Gasteiger partial charge in [0.05, 0.1) is 5.57 Å². The zero-order valence-corrected chi connectivity index (χ0v) is 18.0. The van der Waals surface area contributed by atoms with E-state index >= 15 is 0 Å². The fraction of sp³-hybridized carbons (Fsp3) is 0.417. The molecule has 0 amide bonds. The summed E-state index contributed by atoms with van der Waals surface area (Å²) in [5.74, 6) is 0.0417. The van der Waals surface area contributed by atoms with Gasteiger partial charge in [0.2, 0.25) is 0 Å². The highest BCUT2D eigenvalue weighted by molar-refractivity contribution is 6.30. The Labute approximate surface area is 173 Å². The van der Waals surface area contributed by atoms with Gasteiger partial charge in [-0.3, -0.25) is 4.79 Å². The summed E-state index contributed by atoms with van der Waals surface area (Å²) in [7, 11) is 1.98. The Morgan fingerprint density at radius 1 is 1.32 bits per heavy atom. The predicted molar refractivity (Wildman–Crippen MR) is 116 cm³/mol. The maximum atomic E-state index is 13.2. The molecular formula is C24H30ClFNO+. The molecule has 0 fully saturated rings. The first-order valence-electron chi connectivity index (χ1n) is 9.78. The molecule has 0 radical (unpaired) electrons. The Balaban J connectivity index is 2.01. The Hall–Kier alpha value is -2.00. The van der Waals surface area contributed by atoms with E-state index in [-0.39, 0.29) is 11.7 Å². The minimum atomic E-state index is -0.856. The van der Waals surface area contributed by atoms with Crippen LogP contribution in [0.1, 0.15) is 39.2 Å². The van der Waals surface area contributed by atoms with Crippen LogP contribution < -0.4 is 0 Å². The van der Waals surface area contributed by atoms with Gasteiger partial charge in [-0.1, -0.05) is 54.5 Å². The van der Waals surface area contributed by atoms with Crippen molar-refractivity contribution in [3.8, 4) is 0 Å². The average Bonchev–Trinajstić information content (AvgIpc) is 2.66. The number of nitrogens with zero attached hydrogens (tertiary/aromatic N) is 1. The van der Waals surface area contributed by atoms with E-state index in [2.05, 4.69) is 0 Å². The van der Waals surface area contributed by atoms with Gasteiger partial charge in [0.15, 0.2) is 12.0 Å². The lowest BCUT2D eigenvalue weighted by Gasteiger charge is -2.12. The molecule has 1 aliphatic rings. The Morgan fingerprint density at radius 3 is 2.57 bits per heavy atom. The zero-order valence-electron chi connectivity index (χ0n) is 17.2. The third-order valence-corrected chi connectivity index (χ3v) is 5.19. The number of hydrogen-bond donors (Lipinski definition) is 0. The van der Waals surface area contributed by atoms with Gasteiger partial charge in [-0.2, -0.15) is 0 Å². The third kappa shape index (κ3) is 6.87. The van der Waals surface area contributed by atoms with Crippen molar-refractivity contribution >= 4 is 23.6 Å². The zero-order chi connectivity index (χ0) is 20.7. The fourth-order valence-corrected chi connectivity index (χ4v) is 3.31. The molecular weight excluding hydrogens is 373 g/mol. The average molecular weight is 403 g/mol. The number of ketones is 1. The Kier molecular flexibility index (Phi) is 8.37. The Morgan fingerprint density at radius 2 is 2.00 bits per heavy atom. The van der Waals surface area contributed by atoms with Crippen molar-refractivity contribution in [2.24, 2.45) is 5.92 Å². The number of carbonyl (C=O) groups excluding carboxylic acids is 1. The highest BCUT2D eigenvalue weighted by Crippen LogP contribution is 2.18. The number of alkyl halides is 1. The quantitative estimate of drug-likeness (QED) is 0.308. The van der Waals surface area contributed by atoms with Crippen LogP contribution in [0.25, 0.3) is 0 Å². The summed E-state index contributed by atoms with van der Waals surface area (Å²) >= 11 is 5.94. The van der Waals surface area contributed by atoms with Gasteiger partial charge in [-0.05, 0) is 43.5 Å². The van der Waals surface area contributed by atoms with E-state index in [1.54, 1.807) is 6.08 Å². The second-order valence-corrected chi connectivity index (χ2v) is 8.20. The molecule has 0 N–H and O–H groups in total. The molecule has 2 unspecified atom stereocenters. The second kappa shape index (κ2) is 10.5. The molecule has 0 spiro atoms. The standard InChI is InChI=1S/C24H30ClFNO/c1-17(2)23(16-27(4)14-13-19-7-11-22(26)12-8-19)24(28)18(3)15-20-5-9-21(25)10-6-20/h5-11,16,18,22H,12-15H2,1-4H3/q+1. The van der Waals surface area contributed by atoms with Gasteiger partial charge in [0.1, 0.15) is 19.8 Å². The number of carbonyl (C=O) groups is 1. The topological polar surface area (TPSA) is 20.1 Å². The molecule has 28 heavy (non-hydrogen) atoms. The molecule has 0 bridgehead atoms. The second-order valence-electron chi connectivity index (χ2n) is 7.76. The van der Waals surface area contributed by atoms with Gasteiger partial charge in [0.25, 0.3) is 0 Å². The highest BCUT2D eigenvalue weighted by Gasteiger charge is 2.21. The van der Waals surface area contributed by atoms with Crippen molar-refractivity contribution in [1.82, 2.24) is 0 Å². The highest BCUT2D eigenvalue weighted by atomic mass is 35.5. The number of rotatable bonds is 8. The van der Waals surface area contributed by atoms with Crippen molar-refractivity contribution in [1.29, 1.82) is 0 Å². The predicted octanol–water partition coefficient (Wildman–Crippen LogP) is 5.75. The van der Waals surface area contributed by atoms with E-state index < -0.39 is 6.17 Å². The van der Waals surface area contributed by atoms with Crippen LogP contribution in [-0.4, -0.2) is 36.3 Å². The molecule has 2 nitrogen and oxygen atoms in total. The maximum absolute atomic E-state index is 13.2. The van der Waals surface area contributed by atoms with Crippen LogP contribution in [0.4, 0.5) is 4.39 Å². The molecule has 0 aromatic heterocycles. The van der Waals surface area contributed by atoms with Crippen molar-refractivity contribution in [2.75, 3.05) is 13.6 Å². The molecule has 2 atom stereocenters. The van der Waals surface area contributed by atoms with Crippen LogP contribution in [0.2, 0.25) is 5.02 Å². The first-order chi connectivity index (χ1) is 13.3. The summed E-state index contributed by atoms with van der Waals surface area (Å²) in [6.45, 7) is 6.70. The molecule has 0 heterocycles. The molecule has 1 aromatic rings. The summed E-state index contributed by atoms with van der Waals surface area (Å²) < 4.78 is 15.2. The summed E-state index contributed by atoms with van der Waals surface area (Å²) in [6, 6.07) is 7.65. The molecule has 0 saturated heterocycles. The lowest BCUT2D eigenvalue weighted by molar-refractivity contribution is -0.491. The molecule has 150 valence electrons. The normalized spacial score (nSPS) is 17.9. The van der Waals surface area contributed by atoms with E-state index in [0.29, 0.717) is 17.9 Å². The fourth-order valence-electron chi connectivity index (χ4n) is 3.19. The smallest absolute Gasteiger partial charge is 0.174 e. The maximum Gasteiger partial charge on any atom is 0.174 e. The van der Waals surface area contributed by atoms with Crippen LogP contribution >= 0.6 is 11.6 Å². The van der Waals surface area contributed by atoms with Crippen LogP contribution in [0.5, 0.6) is 0 Å². The molecule has 0 aliphatic heterocycles. The van der Waals surface area contributed by atoms with Crippen molar-refractivity contribution in [3.63, 3.8) is 0 Å². The number of halogens is 2. The number of allylic oxidation sites excluding steroid dienone is 5. The van der Waals surface area contributed by atoms with Crippen LogP contribution in [0.15, 0.2) is 59.2 Å². The largest absolute Gasteiger partial charge is 0.294 e. The number of hydrogen-bond acceptors (Lipinski definition) is 1. The van der Waals surface area contributed by atoms with Gasteiger partial charge >= 0.3 is 0 Å². The van der Waals surface area contributed by atoms with Crippen molar-refractivity contribution < 1.29 is 13.8 Å². The first-order valence-corrected chi connectivity index (χ1v) is 10.2. The van der Waals surface area contributed by atoms with Gasteiger partial charge in [-0.15, -0.1) is 0 Å². The van der Waals surface area contributed by atoms with Crippen LogP contribution in [0, 0.1) is 5.92 Å². The molecule has 1 aromatic carbocycles. The monoisotopic (exact) mass is 402 g/mol. The molecule has 4 heteroatoms. The summed E-state index contributed by atoms with van der Waals surface area (Å²) in [5, 5.41) is 0.702. The van der Waals surface area contributed by atoms with Crippen molar-refractivity contribution in [2.45, 2.75) is 46.2 Å². The van der Waals surface area contributed by atoms with Crippen molar-refractivity contribution in [3.05, 3.63) is 69.8 Å². The van der Waals surface area contributed by atoms with E-state index in [9.17, 15) is 9.18 Å². The summed E-state index contributed by atoms with van der Waals surface area (Å²) in [5.41, 5.74) is 4.03. The first kappa shape index (κ1) is 22.3. The van der Waals surface area contributed by atoms with Crippen LogP contribution in [0.3, 0.4) is 0 Å². The minimum absolute atomic E-state index is 0.110. The summed E-state index contributed by atoms with van der Waals surface area (Å²) in [4.78, 5) is 13.0. The SMILES string of the molecule is CC(C)=C(C=[N+](C)CCC1=CCC(F)C=C1)C(=O)C(C)Cc1ccc(Cl)cc1. The number of Topliss-reactive ketones (excluding diaryl/α,β-unsaturated/α-hetero) is 1. The van der Waals surface area contributed by atoms with E-state index in [0.717, 1.165) is 35.2 Å². The summed E-state index contributed by atoms with van der Waals surface area (Å²) in [6.07, 6.45) is 8.50. The Bertz CT molecular complexity index is 814. The van der Waals surface area contributed by atoms with E-state index in [1.807, 2.05) is 75.0 Å².